The van der Waals surface area contributed by atoms with Gasteiger partial charge in [-0.05, 0) is 31.2 Å². The van der Waals surface area contributed by atoms with E-state index < -0.39 is 36.4 Å². The molecule has 0 bridgehead atoms. The van der Waals surface area contributed by atoms with Gasteiger partial charge in [0.15, 0.2) is 12.7 Å². The first kappa shape index (κ1) is 15.4. The fourth-order valence-electron chi connectivity index (χ4n) is 1.18. The highest BCUT2D eigenvalue weighted by molar-refractivity contribution is 5.96. The minimum Gasteiger partial charge on any atom is -0.482 e. The maximum absolute atomic E-state index is 12.6. The van der Waals surface area contributed by atoms with Gasteiger partial charge in [0.2, 0.25) is 0 Å². The zero-order chi connectivity index (χ0) is 15.1. The second kappa shape index (κ2) is 7.07. The molecule has 0 aliphatic rings. The molecule has 0 unspecified atom stereocenters. The van der Waals surface area contributed by atoms with Crippen LogP contribution in [0.3, 0.4) is 0 Å². The number of rotatable bonds is 5. The van der Waals surface area contributed by atoms with Crippen LogP contribution in [0.5, 0.6) is 5.75 Å². The van der Waals surface area contributed by atoms with E-state index in [-0.39, 0.29) is 5.75 Å². The number of ether oxygens (including phenoxy) is 2. The highest BCUT2D eigenvalue weighted by Gasteiger charge is 2.19. The zero-order valence-corrected chi connectivity index (χ0v) is 10.6. The summed E-state index contributed by atoms with van der Waals surface area (Å²) < 4.78 is 22.3. The van der Waals surface area contributed by atoms with Gasteiger partial charge in [0.1, 0.15) is 11.6 Å². The van der Waals surface area contributed by atoms with Gasteiger partial charge in [-0.3, -0.25) is 10.1 Å². The van der Waals surface area contributed by atoms with Gasteiger partial charge in [-0.2, -0.15) is 0 Å². The van der Waals surface area contributed by atoms with Gasteiger partial charge in [-0.25, -0.2) is 14.0 Å². The minimum absolute atomic E-state index is 0.276. The molecule has 0 aliphatic carbocycles. The number of carbonyl (C=O) groups excluding carboxylic acids is 3. The van der Waals surface area contributed by atoms with Crippen LogP contribution in [0.4, 0.5) is 9.18 Å². The topological polar surface area (TPSA) is 108 Å². The summed E-state index contributed by atoms with van der Waals surface area (Å²) in [5.74, 6) is -1.82. The normalized spacial score (nSPS) is 11.3. The highest BCUT2D eigenvalue weighted by atomic mass is 19.1. The van der Waals surface area contributed by atoms with Crippen LogP contribution >= 0.6 is 0 Å². The van der Waals surface area contributed by atoms with E-state index in [0.717, 1.165) is 0 Å². The van der Waals surface area contributed by atoms with Crippen molar-refractivity contribution in [3.8, 4) is 5.75 Å². The fourth-order valence-corrected chi connectivity index (χ4v) is 1.18. The largest absolute Gasteiger partial charge is 0.482 e. The first-order chi connectivity index (χ1) is 9.38. The van der Waals surface area contributed by atoms with Crippen molar-refractivity contribution in [2.45, 2.75) is 13.0 Å². The van der Waals surface area contributed by atoms with E-state index in [9.17, 15) is 18.8 Å². The van der Waals surface area contributed by atoms with Crippen LogP contribution < -0.4 is 15.8 Å². The van der Waals surface area contributed by atoms with Gasteiger partial charge in [-0.15, -0.1) is 0 Å². The van der Waals surface area contributed by atoms with E-state index >= 15 is 0 Å². The Bertz CT molecular complexity index is 503. The average Bonchev–Trinajstić information content (AvgIpc) is 2.37. The molecule has 3 amide bonds. The van der Waals surface area contributed by atoms with E-state index in [2.05, 4.69) is 0 Å². The van der Waals surface area contributed by atoms with Gasteiger partial charge in [0.05, 0.1) is 0 Å². The van der Waals surface area contributed by atoms with Crippen LogP contribution in [-0.2, 0) is 14.3 Å². The Labute approximate surface area is 113 Å². The molecular formula is C12H13FN2O5. The van der Waals surface area contributed by atoms with Crippen molar-refractivity contribution < 1.29 is 28.2 Å². The third-order valence-electron chi connectivity index (χ3n) is 2.09. The van der Waals surface area contributed by atoms with Crippen LogP contribution in [-0.4, -0.2) is 30.6 Å². The first-order valence-corrected chi connectivity index (χ1v) is 5.56. The molecular weight excluding hydrogens is 271 g/mol. The van der Waals surface area contributed by atoms with Crippen LogP contribution in [0.25, 0.3) is 0 Å². The molecule has 0 saturated carbocycles. The lowest BCUT2D eigenvalue weighted by Gasteiger charge is -2.12. The summed E-state index contributed by atoms with van der Waals surface area (Å²) >= 11 is 0. The standard InChI is InChI=1S/C12H13FN2O5/c1-7(11(17)15-12(14)18)20-10(16)6-19-9-4-2-8(13)3-5-9/h2-5,7H,6H2,1H3,(H3,14,15,17,18)/t7-/m0/s1. The molecule has 0 spiro atoms. The highest BCUT2D eigenvalue weighted by Crippen LogP contribution is 2.10. The van der Waals surface area contributed by atoms with E-state index in [1.807, 2.05) is 0 Å². The maximum Gasteiger partial charge on any atom is 0.344 e. The Morgan fingerprint density at radius 1 is 1.30 bits per heavy atom. The van der Waals surface area contributed by atoms with Gasteiger partial charge in [-0.1, -0.05) is 0 Å². The lowest BCUT2D eigenvalue weighted by atomic mass is 10.3. The van der Waals surface area contributed by atoms with Crippen molar-refractivity contribution in [2.75, 3.05) is 6.61 Å². The number of carbonyl (C=O) groups is 3. The summed E-state index contributed by atoms with van der Waals surface area (Å²) in [6.45, 7) is 0.813. The molecule has 0 heterocycles. The Kier molecular flexibility index (Phi) is 5.45. The Morgan fingerprint density at radius 3 is 2.45 bits per heavy atom. The number of amides is 3. The average molecular weight is 284 g/mol. The molecule has 0 aliphatic heterocycles. The molecule has 108 valence electrons. The number of primary amides is 1. The van der Waals surface area contributed by atoms with Gasteiger partial charge in [0, 0.05) is 0 Å². The molecule has 0 fully saturated rings. The third-order valence-corrected chi connectivity index (χ3v) is 2.09. The maximum atomic E-state index is 12.6. The lowest BCUT2D eigenvalue weighted by molar-refractivity contribution is -0.156. The van der Waals surface area contributed by atoms with Gasteiger partial charge < -0.3 is 15.2 Å². The van der Waals surface area contributed by atoms with Crippen molar-refractivity contribution in [2.24, 2.45) is 5.73 Å². The smallest absolute Gasteiger partial charge is 0.344 e. The molecule has 1 atom stereocenters. The molecule has 3 N–H and O–H groups in total. The number of halogens is 1. The van der Waals surface area contributed by atoms with E-state index in [0.29, 0.717) is 0 Å². The summed E-state index contributed by atoms with van der Waals surface area (Å²) in [5.41, 5.74) is 4.74. The number of imide groups is 1. The van der Waals surface area contributed by atoms with E-state index in [1.165, 1.54) is 31.2 Å². The Hall–Kier alpha value is -2.64. The summed E-state index contributed by atoms with van der Waals surface area (Å²) in [7, 11) is 0. The minimum atomic E-state index is -1.19. The summed E-state index contributed by atoms with van der Waals surface area (Å²) in [4.78, 5) is 33.0. The molecule has 0 saturated heterocycles. The fraction of sp³-hybridized carbons (Fsp3) is 0.250. The summed E-state index contributed by atoms with van der Waals surface area (Å²) in [6, 6.07) is 3.98. The zero-order valence-electron chi connectivity index (χ0n) is 10.6. The summed E-state index contributed by atoms with van der Waals surface area (Å²) in [6.07, 6.45) is -1.19. The molecule has 20 heavy (non-hydrogen) atoms. The van der Waals surface area contributed by atoms with Gasteiger partial charge >= 0.3 is 12.0 Å². The molecule has 0 aromatic heterocycles. The second-order valence-electron chi connectivity index (χ2n) is 3.73. The number of nitrogens with one attached hydrogen (secondary N) is 1. The van der Waals surface area contributed by atoms with Crippen molar-refractivity contribution in [1.82, 2.24) is 5.32 Å². The van der Waals surface area contributed by atoms with Crippen molar-refractivity contribution in [3.63, 3.8) is 0 Å². The van der Waals surface area contributed by atoms with Crippen LogP contribution in [0, 0.1) is 5.82 Å². The summed E-state index contributed by atoms with van der Waals surface area (Å²) in [5, 5.41) is 1.77. The van der Waals surface area contributed by atoms with Crippen molar-refractivity contribution in [3.05, 3.63) is 30.1 Å². The Morgan fingerprint density at radius 2 is 1.90 bits per heavy atom. The Balaban J connectivity index is 2.38. The number of nitrogens with two attached hydrogens (primary N) is 1. The monoisotopic (exact) mass is 284 g/mol. The third kappa shape index (κ3) is 5.34. The molecule has 1 rings (SSSR count). The molecule has 1 aromatic rings. The molecule has 7 nitrogen and oxygen atoms in total. The first-order valence-electron chi connectivity index (χ1n) is 5.56. The van der Waals surface area contributed by atoms with Gasteiger partial charge in [0.25, 0.3) is 5.91 Å². The molecule has 8 heteroatoms. The van der Waals surface area contributed by atoms with Crippen molar-refractivity contribution in [1.29, 1.82) is 0 Å². The van der Waals surface area contributed by atoms with Crippen LogP contribution in [0.15, 0.2) is 24.3 Å². The number of urea groups is 1. The lowest BCUT2D eigenvalue weighted by Crippen LogP contribution is -2.42. The number of hydrogen-bond donors (Lipinski definition) is 2. The van der Waals surface area contributed by atoms with Crippen molar-refractivity contribution >= 4 is 17.9 Å². The van der Waals surface area contributed by atoms with Crippen LogP contribution in [0.1, 0.15) is 6.92 Å². The number of hydrogen-bond acceptors (Lipinski definition) is 5. The SMILES string of the molecule is C[C@H](OC(=O)COc1ccc(F)cc1)C(=O)NC(N)=O. The quantitative estimate of drug-likeness (QED) is 0.758. The predicted molar refractivity (Wildman–Crippen MR) is 65.2 cm³/mol. The molecule has 1 aromatic carbocycles. The van der Waals surface area contributed by atoms with E-state index in [4.69, 9.17) is 15.2 Å². The number of esters is 1. The van der Waals surface area contributed by atoms with Crippen LogP contribution in [0.2, 0.25) is 0 Å². The van der Waals surface area contributed by atoms with E-state index in [1.54, 1.807) is 5.32 Å². The molecule has 0 radical (unpaired) electrons. The predicted octanol–water partition coefficient (Wildman–Crippen LogP) is 0.331. The number of benzene rings is 1. The second-order valence-corrected chi connectivity index (χ2v) is 3.73.